The van der Waals surface area contributed by atoms with Gasteiger partial charge in [0.15, 0.2) is 0 Å². The van der Waals surface area contributed by atoms with E-state index in [1.54, 1.807) is 6.08 Å². The van der Waals surface area contributed by atoms with Crippen LogP contribution in [0, 0.1) is 0 Å². The molecule has 0 saturated heterocycles. The Balaban J connectivity index is 4.07. The van der Waals surface area contributed by atoms with Gasteiger partial charge in [-0.3, -0.25) is 9.36 Å². The molecule has 79 heavy (non-hydrogen) atoms. The molecule has 0 heterocycles. The zero-order valence-electron chi connectivity index (χ0n) is 53.6. The predicted octanol–water partition coefficient (Wildman–Crippen LogP) is 21.4. The molecule has 0 rings (SSSR count). The Hall–Kier alpha value is -1.28. The molecule has 0 aromatic rings. The lowest BCUT2D eigenvalue weighted by Crippen LogP contribution is -2.45. The van der Waals surface area contributed by atoms with Crippen LogP contribution in [0.3, 0.4) is 0 Å². The molecule has 0 bridgehead atoms. The summed E-state index contributed by atoms with van der Waals surface area (Å²) in [4.78, 5) is 25.6. The van der Waals surface area contributed by atoms with Crippen LogP contribution in [0.5, 0.6) is 0 Å². The van der Waals surface area contributed by atoms with E-state index < -0.39 is 20.0 Å². The summed E-state index contributed by atoms with van der Waals surface area (Å²) in [5.41, 5.74) is 0. The smallest absolute Gasteiger partial charge is 0.268 e. The average Bonchev–Trinajstić information content (AvgIpc) is 3.42. The van der Waals surface area contributed by atoms with Crippen LogP contribution < -0.4 is 10.2 Å². The number of rotatable bonds is 65. The Morgan fingerprint density at radius 1 is 0.430 bits per heavy atom. The van der Waals surface area contributed by atoms with E-state index in [4.69, 9.17) is 9.05 Å². The van der Waals surface area contributed by atoms with Gasteiger partial charge in [0.2, 0.25) is 5.91 Å². The number of amides is 1. The van der Waals surface area contributed by atoms with Crippen LogP contribution in [0.2, 0.25) is 0 Å². The van der Waals surface area contributed by atoms with E-state index >= 15 is 0 Å². The maximum absolute atomic E-state index is 13.0. The molecular weight excluding hydrogens is 996 g/mol. The first-order chi connectivity index (χ1) is 38.5. The van der Waals surface area contributed by atoms with Gasteiger partial charge >= 0.3 is 0 Å². The number of carbonyl (C=O) groups excluding carboxylic acids is 1. The van der Waals surface area contributed by atoms with E-state index in [-0.39, 0.29) is 19.1 Å². The Morgan fingerprint density at radius 3 is 1.03 bits per heavy atom. The second-order valence-electron chi connectivity index (χ2n) is 25.2. The minimum absolute atomic E-state index is 0.00448. The summed E-state index contributed by atoms with van der Waals surface area (Å²) in [7, 11) is 1.26. The number of phosphoric ester groups is 1. The molecule has 0 radical (unpaired) electrons. The molecule has 0 aromatic carbocycles. The lowest BCUT2D eigenvalue weighted by Gasteiger charge is -2.29. The van der Waals surface area contributed by atoms with Gasteiger partial charge in [-0.1, -0.05) is 326 Å². The van der Waals surface area contributed by atoms with Crippen molar-refractivity contribution in [2.75, 3.05) is 40.9 Å². The van der Waals surface area contributed by atoms with Gasteiger partial charge in [0.25, 0.3) is 7.82 Å². The van der Waals surface area contributed by atoms with Gasteiger partial charge in [-0.2, -0.15) is 0 Å². The molecule has 468 valence electrons. The summed E-state index contributed by atoms with van der Waals surface area (Å²) in [5.74, 6) is -0.200. The summed E-state index contributed by atoms with van der Waals surface area (Å²) in [6, 6.07) is -0.903. The van der Waals surface area contributed by atoms with Crippen molar-refractivity contribution in [2.45, 2.75) is 366 Å². The molecule has 8 nitrogen and oxygen atoms in total. The second kappa shape index (κ2) is 61.3. The fraction of sp³-hybridized carbons (Fsp3) is 0.900. The van der Waals surface area contributed by atoms with Crippen LogP contribution in [-0.4, -0.2) is 68.5 Å². The van der Waals surface area contributed by atoms with Crippen LogP contribution in [0.1, 0.15) is 354 Å². The molecule has 0 saturated carbocycles. The molecule has 3 atom stereocenters. The number of unbranched alkanes of at least 4 members (excludes halogenated alkanes) is 48. The lowest BCUT2D eigenvalue weighted by molar-refractivity contribution is -0.870. The van der Waals surface area contributed by atoms with Crippen LogP contribution >= 0.6 is 7.82 Å². The van der Waals surface area contributed by atoms with Gasteiger partial charge in [-0.05, 0) is 57.8 Å². The maximum atomic E-state index is 13.0. The minimum Gasteiger partial charge on any atom is -0.756 e. The first kappa shape index (κ1) is 77.7. The number of nitrogens with zero attached hydrogens (tertiary/aromatic N) is 1. The Bertz CT molecular complexity index is 1380. The van der Waals surface area contributed by atoms with Crippen molar-refractivity contribution >= 4 is 13.7 Å². The van der Waals surface area contributed by atoms with E-state index in [1.807, 2.05) is 27.2 Å². The molecular formula is C70H137N2O6P. The highest BCUT2D eigenvalue weighted by molar-refractivity contribution is 7.45. The van der Waals surface area contributed by atoms with Crippen molar-refractivity contribution in [3.63, 3.8) is 0 Å². The molecule has 0 spiro atoms. The van der Waals surface area contributed by atoms with Gasteiger partial charge in [0.05, 0.1) is 39.9 Å². The van der Waals surface area contributed by atoms with E-state index in [0.717, 1.165) is 38.5 Å². The number of hydrogen-bond donors (Lipinski definition) is 2. The zero-order chi connectivity index (χ0) is 57.7. The molecule has 2 N–H and O–H groups in total. The van der Waals surface area contributed by atoms with Gasteiger partial charge in [-0.25, -0.2) is 0 Å². The number of carbonyl (C=O) groups is 1. The molecule has 0 aliphatic rings. The molecule has 0 aliphatic carbocycles. The number of nitrogens with one attached hydrogen (secondary N) is 1. The molecule has 0 aliphatic heterocycles. The summed E-state index contributed by atoms with van der Waals surface area (Å²) < 4.78 is 23.4. The van der Waals surface area contributed by atoms with Gasteiger partial charge in [0.1, 0.15) is 13.2 Å². The van der Waals surface area contributed by atoms with Gasteiger partial charge in [0, 0.05) is 6.42 Å². The van der Waals surface area contributed by atoms with Crippen LogP contribution in [0.25, 0.3) is 0 Å². The van der Waals surface area contributed by atoms with Crippen molar-refractivity contribution in [3.8, 4) is 0 Å². The number of aliphatic hydroxyl groups excluding tert-OH is 1. The summed E-state index contributed by atoms with van der Waals surface area (Å²) in [5, 5.41) is 13.9. The van der Waals surface area contributed by atoms with Gasteiger partial charge < -0.3 is 28.8 Å². The summed E-state index contributed by atoms with van der Waals surface area (Å²) in [6.07, 6.45) is 81.3. The number of phosphoric acid groups is 1. The van der Waals surface area contributed by atoms with Crippen molar-refractivity contribution in [1.82, 2.24) is 5.32 Å². The third-order valence-corrected chi connectivity index (χ3v) is 17.0. The first-order valence-electron chi connectivity index (χ1n) is 34.9. The third kappa shape index (κ3) is 64.1. The number of aliphatic hydroxyl groups is 1. The Kier molecular flexibility index (Phi) is 60.3. The number of allylic oxidation sites excluding steroid dienone is 5. The predicted molar refractivity (Wildman–Crippen MR) is 344 cm³/mol. The summed E-state index contributed by atoms with van der Waals surface area (Å²) >= 11 is 0. The average molecular weight is 1130 g/mol. The van der Waals surface area contributed by atoms with E-state index in [0.29, 0.717) is 17.4 Å². The summed E-state index contributed by atoms with van der Waals surface area (Å²) in [6.45, 7) is 4.69. The molecule has 0 aromatic heterocycles. The molecule has 1 amide bonds. The number of hydrogen-bond acceptors (Lipinski definition) is 6. The van der Waals surface area contributed by atoms with E-state index in [2.05, 4.69) is 43.5 Å². The SMILES string of the molecule is CCCCCCCCCC/C=C\CCCCCCCCCCCCCCCCCCCCCC(=O)NC(COP(=O)([O-])OCC[N+](C)(C)C)C(O)/C=C/CC/C=C/CCCCCCCCCCCCCCCCCCCCCC. The monoisotopic (exact) mass is 1130 g/mol. The van der Waals surface area contributed by atoms with Crippen LogP contribution in [-0.2, 0) is 18.4 Å². The molecule has 0 fully saturated rings. The largest absolute Gasteiger partial charge is 0.756 e. The standard InChI is InChI=1S/C70H137N2O6P/c1-6-8-10-12-14-16-18-20-22-24-26-28-30-32-34-35-36-37-38-40-42-44-46-48-50-52-54-56-58-60-62-64-70(74)71-68(67-78-79(75,76)77-66-65-72(3,4)5)69(73)63-61-59-57-55-53-51-49-47-45-43-41-39-33-31-29-27-25-23-21-19-17-15-13-11-9-7-2/h24,26,53,55,61,63,68-69,73H,6-23,25,27-52,54,56-60,62,64-67H2,1-5H3,(H-,71,74,75,76)/b26-24-,55-53+,63-61+. The van der Waals surface area contributed by atoms with Crippen molar-refractivity contribution in [1.29, 1.82) is 0 Å². The van der Waals surface area contributed by atoms with Crippen molar-refractivity contribution in [3.05, 3.63) is 36.5 Å². The van der Waals surface area contributed by atoms with E-state index in [9.17, 15) is 19.4 Å². The third-order valence-electron chi connectivity index (χ3n) is 16.1. The highest BCUT2D eigenvalue weighted by Gasteiger charge is 2.23. The number of likely N-dealkylation sites (N-methyl/N-ethyl adjacent to an activating group) is 1. The normalized spacial score (nSPS) is 13.9. The topological polar surface area (TPSA) is 108 Å². The fourth-order valence-electron chi connectivity index (χ4n) is 10.6. The Labute approximate surface area is 493 Å². The highest BCUT2D eigenvalue weighted by Crippen LogP contribution is 2.38. The van der Waals surface area contributed by atoms with Crippen molar-refractivity contribution in [2.24, 2.45) is 0 Å². The van der Waals surface area contributed by atoms with E-state index in [1.165, 1.54) is 295 Å². The number of quaternary nitrogens is 1. The quantitative estimate of drug-likeness (QED) is 0.0272. The second-order valence-corrected chi connectivity index (χ2v) is 26.6. The highest BCUT2D eigenvalue weighted by atomic mass is 31.2. The lowest BCUT2D eigenvalue weighted by atomic mass is 10.0. The Morgan fingerprint density at radius 2 is 0.709 bits per heavy atom. The first-order valence-corrected chi connectivity index (χ1v) is 36.3. The fourth-order valence-corrected chi connectivity index (χ4v) is 11.4. The molecule has 3 unspecified atom stereocenters. The van der Waals surface area contributed by atoms with Crippen LogP contribution in [0.15, 0.2) is 36.5 Å². The van der Waals surface area contributed by atoms with Crippen LogP contribution in [0.4, 0.5) is 0 Å². The van der Waals surface area contributed by atoms with Crippen molar-refractivity contribution < 1.29 is 32.9 Å². The zero-order valence-corrected chi connectivity index (χ0v) is 54.5. The van der Waals surface area contributed by atoms with Gasteiger partial charge in [-0.15, -0.1) is 0 Å². The molecule has 9 heteroatoms. The maximum Gasteiger partial charge on any atom is 0.268 e. The minimum atomic E-state index is -4.61.